The Kier molecular flexibility index (Phi) is 6.12. The second-order valence-electron chi connectivity index (χ2n) is 6.08. The minimum absolute atomic E-state index is 0.0395. The Morgan fingerprint density at radius 3 is 2.81 bits per heavy atom. The zero-order valence-corrected chi connectivity index (χ0v) is 13.8. The van der Waals surface area contributed by atoms with Crippen molar-refractivity contribution in [2.24, 2.45) is 17.6 Å². The third-order valence-corrected chi connectivity index (χ3v) is 5.47. The molecule has 1 amide bonds. The second kappa shape index (κ2) is 7.85. The SMILES string of the molecule is CC1CCN(C(=O)C(C)CSc2ccccc2)C(CN)C1. The Labute approximate surface area is 132 Å². The summed E-state index contributed by atoms with van der Waals surface area (Å²) in [4.78, 5) is 15.9. The number of carbonyl (C=O) groups is 1. The summed E-state index contributed by atoms with van der Waals surface area (Å²) in [5.41, 5.74) is 5.86. The zero-order valence-electron chi connectivity index (χ0n) is 13.0. The number of nitrogens with zero attached hydrogens (tertiary/aromatic N) is 1. The van der Waals surface area contributed by atoms with Gasteiger partial charge < -0.3 is 10.6 Å². The van der Waals surface area contributed by atoms with Crippen molar-refractivity contribution in [1.82, 2.24) is 4.90 Å². The molecule has 0 aromatic heterocycles. The van der Waals surface area contributed by atoms with Crippen LogP contribution >= 0.6 is 11.8 Å². The van der Waals surface area contributed by atoms with Crippen LogP contribution in [0.25, 0.3) is 0 Å². The Morgan fingerprint density at radius 1 is 1.43 bits per heavy atom. The van der Waals surface area contributed by atoms with Gasteiger partial charge >= 0.3 is 0 Å². The van der Waals surface area contributed by atoms with Gasteiger partial charge in [0.05, 0.1) is 0 Å². The Bertz CT molecular complexity index is 451. The topological polar surface area (TPSA) is 46.3 Å². The molecule has 1 aliphatic rings. The molecule has 2 rings (SSSR count). The van der Waals surface area contributed by atoms with Gasteiger partial charge in [-0.2, -0.15) is 0 Å². The van der Waals surface area contributed by atoms with Gasteiger partial charge in [0.15, 0.2) is 0 Å². The van der Waals surface area contributed by atoms with Crippen molar-refractivity contribution in [2.45, 2.75) is 37.6 Å². The van der Waals surface area contributed by atoms with Crippen LogP contribution in [0.1, 0.15) is 26.7 Å². The van der Waals surface area contributed by atoms with E-state index in [9.17, 15) is 4.79 Å². The van der Waals surface area contributed by atoms with Gasteiger partial charge in [-0.3, -0.25) is 4.79 Å². The molecule has 0 saturated carbocycles. The van der Waals surface area contributed by atoms with E-state index in [-0.39, 0.29) is 17.9 Å². The van der Waals surface area contributed by atoms with E-state index in [1.54, 1.807) is 11.8 Å². The van der Waals surface area contributed by atoms with Gasteiger partial charge in [0.1, 0.15) is 0 Å². The smallest absolute Gasteiger partial charge is 0.226 e. The number of amides is 1. The van der Waals surface area contributed by atoms with Crippen LogP contribution < -0.4 is 5.73 Å². The largest absolute Gasteiger partial charge is 0.338 e. The lowest BCUT2D eigenvalue weighted by atomic mass is 9.91. The summed E-state index contributed by atoms with van der Waals surface area (Å²) in [6.45, 7) is 5.72. The number of benzene rings is 1. The lowest BCUT2D eigenvalue weighted by Gasteiger charge is -2.39. The second-order valence-corrected chi connectivity index (χ2v) is 7.17. The van der Waals surface area contributed by atoms with E-state index in [4.69, 9.17) is 5.73 Å². The van der Waals surface area contributed by atoms with Crippen LogP contribution in [0.5, 0.6) is 0 Å². The molecule has 0 aliphatic carbocycles. The number of likely N-dealkylation sites (tertiary alicyclic amines) is 1. The van der Waals surface area contributed by atoms with E-state index in [1.165, 1.54) is 4.90 Å². The van der Waals surface area contributed by atoms with Crippen LogP contribution in [0.15, 0.2) is 35.2 Å². The molecular formula is C17H26N2OS. The summed E-state index contributed by atoms with van der Waals surface area (Å²) in [5, 5.41) is 0. The summed E-state index contributed by atoms with van der Waals surface area (Å²) < 4.78 is 0. The molecule has 4 heteroatoms. The number of nitrogens with two attached hydrogens (primary N) is 1. The third-order valence-electron chi connectivity index (χ3n) is 4.20. The molecule has 1 aliphatic heterocycles. The number of rotatable bonds is 5. The van der Waals surface area contributed by atoms with Crippen LogP contribution in [-0.4, -0.2) is 35.7 Å². The molecule has 116 valence electrons. The van der Waals surface area contributed by atoms with E-state index >= 15 is 0 Å². The highest BCUT2D eigenvalue weighted by atomic mass is 32.2. The molecule has 0 spiro atoms. The van der Waals surface area contributed by atoms with Crippen molar-refractivity contribution in [3.8, 4) is 0 Å². The molecule has 3 atom stereocenters. The number of piperidine rings is 1. The standard InChI is InChI=1S/C17H26N2OS/c1-13-8-9-19(15(10-13)11-18)17(20)14(2)12-21-16-6-4-3-5-7-16/h3-7,13-15H,8-12,18H2,1-2H3. The van der Waals surface area contributed by atoms with E-state index in [1.807, 2.05) is 30.0 Å². The quantitative estimate of drug-likeness (QED) is 0.851. The van der Waals surface area contributed by atoms with Gasteiger partial charge in [-0.05, 0) is 30.9 Å². The maximum atomic E-state index is 12.7. The molecule has 1 saturated heterocycles. The van der Waals surface area contributed by atoms with Crippen molar-refractivity contribution in [2.75, 3.05) is 18.8 Å². The number of hydrogen-bond donors (Lipinski definition) is 1. The minimum Gasteiger partial charge on any atom is -0.338 e. The number of carbonyl (C=O) groups excluding carboxylic acids is 1. The van der Waals surface area contributed by atoms with Crippen molar-refractivity contribution in [3.63, 3.8) is 0 Å². The highest BCUT2D eigenvalue weighted by Gasteiger charge is 2.31. The zero-order chi connectivity index (χ0) is 15.2. The van der Waals surface area contributed by atoms with Crippen molar-refractivity contribution < 1.29 is 4.79 Å². The van der Waals surface area contributed by atoms with Gasteiger partial charge in [-0.1, -0.05) is 32.0 Å². The van der Waals surface area contributed by atoms with Crippen LogP contribution in [0, 0.1) is 11.8 Å². The summed E-state index contributed by atoms with van der Waals surface area (Å²) >= 11 is 1.75. The Balaban J connectivity index is 1.89. The molecule has 0 bridgehead atoms. The highest BCUT2D eigenvalue weighted by Crippen LogP contribution is 2.26. The van der Waals surface area contributed by atoms with Gasteiger partial charge in [0.2, 0.25) is 5.91 Å². The maximum absolute atomic E-state index is 12.7. The van der Waals surface area contributed by atoms with Gasteiger partial charge in [-0.25, -0.2) is 0 Å². The lowest BCUT2D eigenvalue weighted by Crippen LogP contribution is -2.51. The molecule has 1 aromatic rings. The Hall–Kier alpha value is -1.00. The van der Waals surface area contributed by atoms with Crippen molar-refractivity contribution >= 4 is 17.7 Å². The van der Waals surface area contributed by atoms with Gasteiger partial charge in [0, 0.05) is 35.7 Å². The van der Waals surface area contributed by atoms with E-state index < -0.39 is 0 Å². The molecule has 0 radical (unpaired) electrons. The van der Waals surface area contributed by atoms with E-state index in [0.29, 0.717) is 12.5 Å². The van der Waals surface area contributed by atoms with Gasteiger partial charge in [-0.15, -0.1) is 11.8 Å². The summed E-state index contributed by atoms with van der Waals surface area (Å²) in [7, 11) is 0. The Morgan fingerprint density at radius 2 is 2.14 bits per heavy atom. The van der Waals surface area contributed by atoms with E-state index in [2.05, 4.69) is 19.1 Å². The first kappa shape index (κ1) is 16.4. The fraction of sp³-hybridized carbons (Fsp3) is 0.588. The minimum atomic E-state index is 0.0395. The molecule has 1 heterocycles. The molecule has 1 fully saturated rings. The summed E-state index contributed by atoms with van der Waals surface area (Å²) in [6, 6.07) is 10.5. The van der Waals surface area contributed by atoms with Crippen LogP contribution in [-0.2, 0) is 4.79 Å². The lowest BCUT2D eigenvalue weighted by molar-refractivity contribution is -0.138. The predicted octanol–water partition coefficient (Wildman–Crippen LogP) is 3.00. The predicted molar refractivity (Wildman–Crippen MR) is 89.3 cm³/mol. The number of thioether (sulfide) groups is 1. The fourth-order valence-electron chi connectivity index (χ4n) is 2.86. The van der Waals surface area contributed by atoms with Crippen molar-refractivity contribution in [3.05, 3.63) is 30.3 Å². The number of hydrogen-bond acceptors (Lipinski definition) is 3. The monoisotopic (exact) mass is 306 g/mol. The normalized spacial score (nSPS) is 23.9. The van der Waals surface area contributed by atoms with E-state index in [0.717, 1.165) is 25.1 Å². The first-order valence-electron chi connectivity index (χ1n) is 7.80. The van der Waals surface area contributed by atoms with Crippen LogP contribution in [0.4, 0.5) is 0 Å². The molecule has 2 N–H and O–H groups in total. The summed E-state index contributed by atoms with van der Waals surface area (Å²) in [6.07, 6.45) is 2.14. The first-order valence-corrected chi connectivity index (χ1v) is 8.78. The molecule has 1 aromatic carbocycles. The maximum Gasteiger partial charge on any atom is 0.226 e. The average Bonchev–Trinajstić information content (AvgIpc) is 2.52. The highest BCUT2D eigenvalue weighted by molar-refractivity contribution is 7.99. The van der Waals surface area contributed by atoms with Crippen LogP contribution in [0.2, 0.25) is 0 Å². The third kappa shape index (κ3) is 4.48. The molecule has 3 unspecified atom stereocenters. The molecule has 3 nitrogen and oxygen atoms in total. The van der Waals surface area contributed by atoms with Gasteiger partial charge in [0.25, 0.3) is 0 Å². The first-order chi connectivity index (χ1) is 10.1. The molecular weight excluding hydrogens is 280 g/mol. The molecule has 21 heavy (non-hydrogen) atoms. The summed E-state index contributed by atoms with van der Waals surface area (Å²) in [5.74, 6) is 1.81. The fourth-order valence-corrected chi connectivity index (χ4v) is 3.79. The average molecular weight is 306 g/mol. The van der Waals surface area contributed by atoms with Crippen LogP contribution in [0.3, 0.4) is 0 Å². The van der Waals surface area contributed by atoms with Crippen molar-refractivity contribution in [1.29, 1.82) is 0 Å².